The molecule has 26 heavy (non-hydrogen) atoms. The first-order chi connectivity index (χ1) is 12.1. The second-order valence-electron chi connectivity index (χ2n) is 7.83. The highest BCUT2D eigenvalue weighted by molar-refractivity contribution is 5.96. The van der Waals surface area contributed by atoms with E-state index in [1.807, 2.05) is 24.3 Å². The fourth-order valence-corrected chi connectivity index (χ4v) is 3.55. The van der Waals surface area contributed by atoms with Crippen molar-refractivity contribution in [2.24, 2.45) is 0 Å². The van der Waals surface area contributed by atoms with Crippen molar-refractivity contribution < 1.29 is 28.7 Å². The summed E-state index contributed by atoms with van der Waals surface area (Å²) in [4.78, 5) is 40.9. The zero-order chi connectivity index (χ0) is 19.3. The number of aromatic amines is 1. The fourth-order valence-electron chi connectivity index (χ4n) is 3.55. The predicted octanol–water partition coefficient (Wildman–Crippen LogP) is 3.02. The number of H-pyrrole nitrogens is 1. The molecule has 0 aliphatic carbocycles. The number of amides is 2. The molecule has 1 fully saturated rings. The van der Waals surface area contributed by atoms with Crippen molar-refractivity contribution in [3.8, 4) is 0 Å². The van der Waals surface area contributed by atoms with Crippen molar-refractivity contribution in [3.63, 3.8) is 0 Å². The van der Waals surface area contributed by atoms with Gasteiger partial charge in [0.2, 0.25) is 6.04 Å². The number of benzene rings is 1. The van der Waals surface area contributed by atoms with E-state index in [1.165, 1.54) is 7.05 Å². The van der Waals surface area contributed by atoms with Crippen molar-refractivity contribution in [2.45, 2.75) is 44.8 Å². The van der Waals surface area contributed by atoms with Crippen LogP contribution in [0, 0.1) is 0 Å². The van der Waals surface area contributed by atoms with Crippen molar-refractivity contribution in [1.82, 2.24) is 4.98 Å². The molecule has 2 N–H and O–H groups in total. The number of carboxylic acids is 1. The summed E-state index contributed by atoms with van der Waals surface area (Å²) in [7, 11) is 1.34. The number of carbonyl (C=O) groups excluding carboxylic acids is 2. The van der Waals surface area contributed by atoms with Crippen LogP contribution in [0.1, 0.15) is 38.7 Å². The number of fused-ring (bicyclic) bond motifs is 1. The van der Waals surface area contributed by atoms with Gasteiger partial charge in [-0.15, -0.1) is 0 Å². The molecule has 1 saturated heterocycles. The van der Waals surface area contributed by atoms with Gasteiger partial charge in [-0.05, 0) is 32.4 Å². The third-order valence-electron chi connectivity index (χ3n) is 4.89. The largest absolute Gasteiger partial charge is 0.524 e. The predicted molar refractivity (Wildman–Crippen MR) is 94.5 cm³/mol. The van der Waals surface area contributed by atoms with Crippen LogP contribution in [0.4, 0.5) is 4.79 Å². The number of carbonyl (C=O) groups is 3. The summed E-state index contributed by atoms with van der Waals surface area (Å²) in [6.45, 7) is 5.06. The van der Waals surface area contributed by atoms with E-state index in [0.29, 0.717) is 5.56 Å². The summed E-state index contributed by atoms with van der Waals surface area (Å²) in [6.07, 6.45) is 0.931. The monoisotopic (exact) mass is 359 g/mol. The number of nitrogens with zero attached hydrogens (tertiary/aromatic N) is 1. The van der Waals surface area contributed by atoms with Crippen LogP contribution in [-0.2, 0) is 14.3 Å². The number of ether oxygens (including phenoxy) is 1. The summed E-state index contributed by atoms with van der Waals surface area (Å²) in [5, 5.41) is 10.5. The van der Waals surface area contributed by atoms with E-state index < -0.39 is 40.0 Å². The highest BCUT2D eigenvalue weighted by Crippen LogP contribution is 2.41. The van der Waals surface area contributed by atoms with Crippen LogP contribution >= 0.6 is 0 Å². The minimum atomic E-state index is -1.19. The number of quaternary nitrogens is 1. The lowest BCUT2D eigenvalue weighted by Gasteiger charge is -2.30. The maximum Gasteiger partial charge on any atom is 0.524 e. The van der Waals surface area contributed by atoms with Gasteiger partial charge >= 0.3 is 18.0 Å². The van der Waals surface area contributed by atoms with Crippen LogP contribution in [-0.4, -0.2) is 51.2 Å². The number of carboxylic acid groups (broad SMARTS) is 1. The summed E-state index contributed by atoms with van der Waals surface area (Å²) in [6, 6.07) is 6.31. The Morgan fingerprint density at radius 3 is 2.54 bits per heavy atom. The normalized spacial score (nSPS) is 26.2. The number of hydrogen-bond donors (Lipinski definition) is 2. The number of rotatable bonds is 2. The smallest absolute Gasteiger partial charge is 0.477 e. The van der Waals surface area contributed by atoms with Crippen LogP contribution in [0.3, 0.4) is 0 Å². The molecule has 0 radical (unpaired) electrons. The van der Waals surface area contributed by atoms with E-state index in [2.05, 4.69) is 4.98 Å². The van der Waals surface area contributed by atoms with Gasteiger partial charge in [-0.3, -0.25) is 0 Å². The molecule has 138 valence electrons. The molecule has 0 saturated carbocycles. The van der Waals surface area contributed by atoms with Crippen molar-refractivity contribution in [1.29, 1.82) is 0 Å². The van der Waals surface area contributed by atoms with Crippen LogP contribution in [0.25, 0.3) is 10.9 Å². The van der Waals surface area contributed by atoms with E-state index in [-0.39, 0.29) is 6.42 Å². The van der Waals surface area contributed by atoms with Gasteiger partial charge in [-0.25, -0.2) is 9.59 Å². The molecule has 7 heteroatoms. The van der Waals surface area contributed by atoms with Gasteiger partial charge in [-0.2, -0.15) is 9.28 Å². The number of para-hydroxylation sites is 1. The Hall–Kier alpha value is -2.67. The van der Waals surface area contributed by atoms with E-state index in [4.69, 9.17) is 4.74 Å². The molecule has 3 atom stereocenters. The van der Waals surface area contributed by atoms with E-state index in [9.17, 15) is 19.5 Å². The van der Waals surface area contributed by atoms with Crippen LogP contribution < -0.4 is 0 Å². The lowest BCUT2D eigenvalue weighted by molar-refractivity contribution is -0.771. The second-order valence-corrected chi connectivity index (χ2v) is 7.83. The lowest BCUT2D eigenvalue weighted by atomic mass is 9.95. The Labute approximate surface area is 151 Å². The van der Waals surface area contributed by atoms with Gasteiger partial charge in [0.25, 0.3) is 0 Å². The molecule has 3 rings (SSSR count). The van der Waals surface area contributed by atoms with E-state index in [1.54, 1.807) is 27.0 Å². The number of hydrogen-bond acceptors (Lipinski definition) is 4. The molecule has 2 amide bonds. The van der Waals surface area contributed by atoms with Gasteiger partial charge in [0.15, 0.2) is 0 Å². The first kappa shape index (κ1) is 18.1. The van der Waals surface area contributed by atoms with Crippen molar-refractivity contribution >= 4 is 28.9 Å². The Morgan fingerprint density at radius 1 is 1.27 bits per heavy atom. The van der Waals surface area contributed by atoms with Gasteiger partial charge in [0, 0.05) is 23.5 Å². The summed E-state index contributed by atoms with van der Waals surface area (Å²) in [5.74, 6) is -2.34. The Balaban J connectivity index is 2.05. The summed E-state index contributed by atoms with van der Waals surface area (Å²) < 4.78 is 4.48. The molecule has 0 spiro atoms. The van der Waals surface area contributed by atoms with Crippen molar-refractivity contribution in [3.05, 3.63) is 36.0 Å². The minimum absolute atomic E-state index is 0.0474. The highest BCUT2D eigenvalue weighted by atomic mass is 16.6. The summed E-state index contributed by atoms with van der Waals surface area (Å²) in [5.41, 5.74) is 0.753. The second kappa shape index (κ2) is 5.95. The molecule has 1 aromatic carbocycles. The van der Waals surface area contributed by atoms with Gasteiger partial charge in [0.05, 0.1) is 7.05 Å². The summed E-state index contributed by atoms with van der Waals surface area (Å²) >= 11 is 0. The van der Waals surface area contributed by atoms with Crippen LogP contribution in [0.2, 0.25) is 0 Å². The lowest BCUT2D eigenvalue weighted by Crippen LogP contribution is -2.59. The molecule has 0 bridgehead atoms. The van der Waals surface area contributed by atoms with Gasteiger partial charge in [-0.1, -0.05) is 18.2 Å². The number of likely N-dealkylation sites (N-methyl/N-ethyl adjacent to an activating group) is 1. The highest BCUT2D eigenvalue weighted by Gasteiger charge is 2.63. The van der Waals surface area contributed by atoms with Crippen LogP contribution in [0.5, 0.6) is 0 Å². The molecular formula is C19H23N2O5+. The van der Waals surface area contributed by atoms with E-state index >= 15 is 0 Å². The molecular weight excluding hydrogens is 336 g/mol. The number of nitrogens with one attached hydrogen (secondary N) is 1. The third-order valence-corrected chi connectivity index (χ3v) is 4.89. The Kier molecular flexibility index (Phi) is 4.15. The van der Waals surface area contributed by atoms with Crippen molar-refractivity contribution in [2.75, 3.05) is 7.05 Å². The Bertz CT molecular complexity index is 895. The SMILES string of the molecule is CC(C)(C)OC(=O)[N+]1(C)C(=O)[C@H](c2c[nH]c3ccccc23)C[C@@H]1C(=O)O. The molecule has 1 aliphatic heterocycles. The maximum absolute atomic E-state index is 13.2. The third kappa shape index (κ3) is 2.78. The average Bonchev–Trinajstić information content (AvgIpc) is 3.07. The standard InChI is InChI=1S/C19H22N2O5/c1-19(2,3)26-18(25)21(4)15(17(23)24)9-12(16(21)22)13-10-20-14-8-6-5-7-11(13)14/h5-8,10,12,15,20H,9H2,1-4H3/p+1/t12-,15+,21?/m0/s1. The first-order valence-electron chi connectivity index (χ1n) is 8.48. The molecule has 1 aliphatic rings. The molecule has 2 heterocycles. The topological polar surface area (TPSA) is 96.5 Å². The first-order valence-corrected chi connectivity index (χ1v) is 8.48. The molecule has 1 unspecified atom stereocenters. The minimum Gasteiger partial charge on any atom is -0.477 e. The molecule has 7 nitrogen and oxygen atoms in total. The fraction of sp³-hybridized carbons (Fsp3) is 0.421. The van der Waals surface area contributed by atoms with Gasteiger partial charge < -0.3 is 14.8 Å². The quantitative estimate of drug-likeness (QED) is 0.804. The zero-order valence-corrected chi connectivity index (χ0v) is 15.3. The molecule has 1 aromatic heterocycles. The maximum atomic E-state index is 13.2. The van der Waals surface area contributed by atoms with Gasteiger partial charge in [0.1, 0.15) is 11.5 Å². The number of likely N-dealkylation sites (tertiary alicyclic amines) is 1. The zero-order valence-electron chi connectivity index (χ0n) is 15.3. The Morgan fingerprint density at radius 2 is 1.92 bits per heavy atom. The van der Waals surface area contributed by atoms with E-state index in [0.717, 1.165) is 10.9 Å². The van der Waals surface area contributed by atoms with Crippen LogP contribution in [0.15, 0.2) is 30.5 Å². The molecule has 2 aromatic rings. The average molecular weight is 359 g/mol. The number of imide groups is 1. The number of aliphatic carboxylic acids is 1. The number of aromatic nitrogens is 1.